The summed E-state index contributed by atoms with van der Waals surface area (Å²) in [7, 11) is 0. The van der Waals surface area contributed by atoms with Crippen molar-refractivity contribution in [2.24, 2.45) is 5.41 Å². The minimum Gasteiger partial charge on any atom is -0.309 e. The van der Waals surface area contributed by atoms with Crippen LogP contribution in [0.3, 0.4) is 0 Å². The molecule has 1 rings (SSSR count). The van der Waals surface area contributed by atoms with Gasteiger partial charge in [-0.3, -0.25) is 0 Å². The summed E-state index contributed by atoms with van der Waals surface area (Å²) in [6.45, 7) is 7.73. The van der Waals surface area contributed by atoms with Crippen molar-refractivity contribution in [3.63, 3.8) is 0 Å². The minimum absolute atomic E-state index is 0.275. The highest BCUT2D eigenvalue weighted by atomic mass is 32.1. The molecule has 1 fully saturated rings. The normalized spacial score (nSPS) is 25.4. The first-order valence-corrected chi connectivity index (χ1v) is 4.44. The zero-order valence-corrected chi connectivity index (χ0v) is 8.22. The van der Waals surface area contributed by atoms with Crippen molar-refractivity contribution < 1.29 is 0 Å². The summed E-state index contributed by atoms with van der Waals surface area (Å²) >= 11 is 4.83. The fourth-order valence-electron chi connectivity index (χ4n) is 1.56. The van der Waals surface area contributed by atoms with E-state index in [1.165, 1.54) is 5.57 Å². The molecule has 62 valence electrons. The van der Waals surface area contributed by atoms with Crippen LogP contribution in [0.4, 0.5) is 0 Å². The maximum atomic E-state index is 4.83. The van der Waals surface area contributed by atoms with Crippen molar-refractivity contribution in [2.45, 2.75) is 33.2 Å². The topological polar surface area (TPSA) is 12.0 Å². The van der Waals surface area contributed by atoms with Crippen LogP contribution in [0.2, 0.25) is 0 Å². The van der Waals surface area contributed by atoms with Crippen LogP contribution in [-0.2, 0) is 0 Å². The highest BCUT2D eigenvalue weighted by Gasteiger charge is 2.31. The Morgan fingerprint density at radius 2 is 2.18 bits per heavy atom. The number of rotatable bonds is 0. The molecule has 11 heavy (non-hydrogen) atoms. The zero-order valence-electron chi connectivity index (χ0n) is 7.40. The van der Waals surface area contributed by atoms with Crippen LogP contribution in [0, 0.1) is 5.41 Å². The molecule has 2 heteroatoms. The van der Waals surface area contributed by atoms with Crippen molar-refractivity contribution in [3.8, 4) is 0 Å². The molecule has 0 bridgehead atoms. The summed E-state index contributed by atoms with van der Waals surface area (Å²) in [5.74, 6) is 0. The summed E-state index contributed by atoms with van der Waals surface area (Å²) in [5, 5.41) is 6.29. The first-order chi connectivity index (χ1) is 5.05. The lowest BCUT2D eigenvalue weighted by atomic mass is 9.84. The molecule has 0 aromatic rings. The fourth-order valence-corrected chi connectivity index (χ4v) is 1.78. The van der Waals surface area contributed by atoms with Crippen molar-refractivity contribution in [3.05, 3.63) is 5.57 Å². The first-order valence-electron chi connectivity index (χ1n) is 4.03. The van der Waals surface area contributed by atoms with Crippen LogP contribution >= 0.6 is 12.2 Å². The van der Waals surface area contributed by atoms with Crippen LogP contribution in [0.1, 0.15) is 27.2 Å². The van der Waals surface area contributed by atoms with E-state index in [1.807, 2.05) is 0 Å². The van der Waals surface area contributed by atoms with Crippen molar-refractivity contribution in [1.82, 2.24) is 5.32 Å². The van der Waals surface area contributed by atoms with Gasteiger partial charge in [-0.1, -0.05) is 20.8 Å². The first kappa shape index (κ1) is 8.92. The van der Waals surface area contributed by atoms with Crippen LogP contribution < -0.4 is 5.32 Å². The molecule has 0 aliphatic carbocycles. The smallest absolute Gasteiger partial charge is 0.0413 e. The maximum absolute atomic E-state index is 4.83. The fraction of sp³-hybridized carbons (Fsp3) is 0.778. The molecule has 1 N–H and O–H groups in total. The predicted octanol–water partition coefficient (Wildman–Crippen LogP) is 1.92. The van der Waals surface area contributed by atoms with Gasteiger partial charge >= 0.3 is 0 Å². The SMILES string of the molecule is CC(C)(C)C1NCCC1=C=S. The number of nitrogens with one attached hydrogen (secondary N) is 1. The van der Waals surface area contributed by atoms with Crippen LogP contribution in [-0.4, -0.2) is 17.6 Å². The summed E-state index contributed by atoms with van der Waals surface area (Å²) in [6, 6.07) is 0.444. The van der Waals surface area contributed by atoms with Crippen LogP contribution in [0.5, 0.6) is 0 Å². The quantitative estimate of drug-likeness (QED) is 0.556. The summed E-state index contributed by atoms with van der Waals surface area (Å²) in [4.78, 5) is 0. The molecule has 1 saturated heterocycles. The number of hydrogen-bond donors (Lipinski definition) is 1. The Bertz CT molecular complexity index is 196. The second-order valence-electron chi connectivity index (χ2n) is 4.13. The molecular formula is C9H15NS. The molecule has 0 saturated carbocycles. The van der Waals surface area contributed by atoms with E-state index in [4.69, 9.17) is 12.2 Å². The lowest BCUT2D eigenvalue weighted by molar-refractivity contribution is 0.330. The Morgan fingerprint density at radius 3 is 2.55 bits per heavy atom. The molecule has 1 unspecified atom stereocenters. The molecule has 0 radical (unpaired) electrons. The Morgan fingerprint density at radius 1 is 1.55 bits per heavy atom. The second-order valence-corrected chi connectivity index (χ2v) is 4.33. The molecule has 0 spiro atoms. The third-order valence-electron chi connectivity index (χ3n) is 2.09. The van der Waals surface area contributed by atoms with E-state index in [1.54, 1.807) is 0 Å². The molecule has 1 nitrogen and oxygen atoms in total. The molecule has 1 atom stereocenters. The van der Waals surface area contributed by atoms with Gasteiger partial charge in [0.1, 0.15) is 0 Å². The largest absolute Gasteiger partial charge is 0.309 e. The lowest BCUT2D eigenvalue weighted by Crippen LogP contribution is -2.36. The Labute approximate surface area is 73.9 Å². The zero-order chi connectivity index (χ0) is 8.48. The van der Waals surface area contributed by atoms with Gasteiger partial charge in [0.15, 0.2) is 0 Å². The van der Waals surface area contributed by atoms with E-state index in [9.17, 15) is 0 Å². The molecule has 1 aliphatic heterocycles. The Kier molecular flexibility index (Phi) is 2.48. The Balaban J connectivity index is 2.81. The van der Waals surface area contributed by atoms with E-state index in [2.05, 4.69) is 31.1 Å². The third-order valence-corrected chi connectivity index (χ3v) is 2.35. The van der Waals surface area contributed by atoms with Gasteiger partial charge < -0.3 is 5.32 Å². The van der Waals surface area contributed by atoms with Gasteiger partial charge in [-0.05, 0) is 29.1 Å². The predicted molar refractivity (Wildman–Crippen MR) is 52.0 cm³/mol. The highest BCUT2D eigenvalue weighted by molar-refractivity contribution is 7.78. The van der Waals surface area contributed by atoms with Gasteiger partial charge in [-0.2, -0.15) is 0 Å². The summed E-state index contributed by atoms with van der Waals surface area (Å²) in [5.41, 5.74) is 1.55. The number of thiocarbonyl (C=S) groups is 1. The molecule has 1 aliphatic rings. The Hall–Kier alpha value is -0.170. The molecular weight excluding hydrogens is 154 g/mol. The van der Waals surface area contributed by atoms with E-state index in [-0.39, 0.29) is 5.41 Å². The van der Waals surface area contributed by atoms with E-state index in [0.717, 1.165) is 13.0 Å². The molecule has 0 aromatic heterocycles. The molecule has 0 aromatic carbocycles. The monoisotopic (exact) mass is 169 g/mol. The second kappa shape index (κ2) is 3.06. The number of hydrogen-bond acceptors (Lipinski definition) is 2. The van der Waals surface area contributed by atoms with E-state index >= 15 is 0 Å². The van der Waals surface area contributed by atoms with Gasteiger partial charge in [0.2, 0.25) is 0 Å². The molecule has 0 amide bonds. The van der Waals surface area contributed by atoms with E-state index < -0.39 is 0 Å². The van der Waals surface area contributed by atoms with Gasteiger partial charge in [0, 0.05) is 18.2 Å². The van der Waals surface area contributed by atoms with Gasteiger partial charge in [0.25, 0.3) is 0 Å². The summed E-state index contributed by atoms with van der Waals surface area (Å²) in [6.07, 6.45) is 1.07. The lowest BCUT2D eigenvalue weighted by Gasteiger charge is -2.27. The van der Waals surface area contributed by atoms with Crippen LogP contribution in [0.25, 0.3) is 0 Å². The van der Waals surface area contributed by atoms with Gasteiger partial charge in [-0.25, -0.2) is 0 Å². The van der Waals surface area contributed by atoms with Crippen LogP contribution in [0.15, 0.2) is 5.57 Å². The maximum Gasteiger partial charge on any atom is 0.0413 e. The third kappa shape index (κ3) is 1.90. The van der Waals surface area contributed by atoms with Gasteiger partial charge in [0.05, 0.1) is 0 Å². The summed E-state index contributed by atoms with van der Waals surface area (Å²) < 4.78 is 0. The minimum atomic E-state index is 0.275. The van der Waals surface area contributed by atoms with E-state index in [0.29, 0.717) is 6.04 Å². The van der Waals surface area contributed by atoms with Crippen molar-refractivity contribution in [2.75, 3.05) is 6.54 Å². The average molecular weight is 169 g/mol. The average Bonchev–Trinajstić information content (AvgIpc) is 2.31. The standard InChI is InChI=1S/C9H15NS/c1-9(2,3)8-7(6-11)4-5-10-8/h8,10H,4-5H2,1-3H3. The van der Waals surface area contributed by atoms with Crippen molar-refractivity contribution >= 4 is 17.2 Å². The highest BCUT2D eigenvalue weighted by Crippen LogP contribution is 2.28. The van der Waals surface area contributed by atoms with Crippen molar-refractivity contribution in [1.29, 1.82) is 0 Å². The van der Waals surface area contributed by atoms with Gasteiger partial charge in [-0.15, -0.1) is 0 Å². The molecule has 1 heterocycles.